The molecule has 0 bridgehead atoms. The zero-order valence-corrected chi connectivity index (χ0v) is 11.7. The van der Waals surface area contributed by atoms with Crippen LogP contribution in [-0.2, 0) is 6.42 Å². The van der Waals surface area contributed by atoms with Gasteiger partial charge in [-0.2, -0.15) is 0 Å². The first-order chi connectivity index (χ1) is 9.69. The molecule has 0 aliphatic rings. The summed E-state index contributed by atoms with van der Waals surface area (Å²) in [5, 5.41) is 1.00. The average molecular weight is 287 g/mol. The zero-order chi connectivity index (χ0) is 14.1. The summed E-state index contributed by atoms with van der Waals surface area (Å²) < 4.78 is 13.3. The lowest BCUT2D eigenvalue weighted by atomic mass is 10.0. The Bertz CT molecular complexity index is 787. The van der Waals surface area contributed by atoms with Gasteiger partial charge in [-0.1, -0.05) is 42.8 Å². The van der Waals surface area contributed by atoms with Crippen molar-refractivity contribution in [2.45, 2.75) is 13.3 Å². The highest BCUT2D eigenvalue weighted by atomic mass is 35.5. The highest BCUT2D eigenvalue weighted by Crippen LogP contribution is 2.27. The number of hydrogen-bond acceptors (Lipinski definition) is 2. The first-order valence-electron chi connectivity index (χ1n) is 6.40. The SMILES string of the molecule is CCc1ccccc1-c1nc(Cl)c2ccc(F)cc2n1. The van der Waals surface area contributed by atoms with Crippen LogP contribution in [0.3, 0.4) is 0 Å². The van der Waals surface area contributed by atoms with Crippen molar-refractivity contribution in [2.75, 3.05) is 0 Å². The van der Waals surface area contributed by atoms with Gasteiger partial charge in [-0.05, 0) is 24.1 Å². The molecule has 0 saturated carbocycles. The van der Waals surface area contributed by atoms with Crippen molar-refractivity contribution < 1.29 is 4.39 Å². The summed E-state index contributed by atoms with van der Waals surface area (Å²) in [7, 11) is 0. The van der Waals surface area contributed by atoms with Gasteiger partial charge < -0.3 is 0 Å². The molecule has 4 heteroatoms. The van der Waals surface area contributed by atoms with Gasteiger partial charge in [0.25, 0.3) is 0 Å². The Morgan fingerprint density at radius 3 is 2.70 bits per heavy atom. The van der Waals surface area contributed by atoms with Gasteiger partial charge in [-0.3, -0.25) is 0 Å². The smallest absolute Gasteiger partial charge is 0.161 e. The molecule has 0 unspecified atom stereocenters. The minimum Gasteiger partial charge on any atom is -0.228 e. The monoisotopic (exact) mass is 286 g/mol. The summed E-state index contributed by atoms with van der Waals surface area (Å²) in [6, 6.07) is 12.2. The standard InChI is InChI=1S/C16H12ClFN2/c1-2-10-5-3-4-6-12(10)16-19-14-9-11(18)7-8-13(14)15(17)20-16/h3-9H,2H2,1H3. The molecule has 20 heavy (non-hydrogen) atoms. The van der Waals surface area contributed by atoms with Crippen molar-refractivity contribution in [1.82, 2.24) is 9.97 Å². The van der Waals surface area contributed by atoms with Gasteiger partial charge in [-0.25, -0.2) is 14.4 Å². The van der Waals surface area contributed by atoms with Gasteiger partial charge in [0.05, 0.1) is 5.52 Å². The maximum Gasteiger partial charge on any atom is 0.161 e. The van der Waals surface area contributed by atoms with E-state index in [1.807, 2.05) is 24.3 Å². The minimum atomic E-state index is -0.331. The Balaban J connectivity index is 2.26. The Kier molecular flexibility index (Phi) is 3.36. The van der Waals surface area contributed by atoms with Gasteiger partial charge in [0, 0.05) is 17.0 Å². The molecule has 0 N–H and O–H groups in total. The lowest BCUT2D eigenvalue weighted by Gasteiger charge is -2.08. The Hall–Kier alpha value is -2.00. The number of nitrogens with zero attached hydrogens (tertiary/aromatic N) is 2. The Morgan fingerprint density at radius 1 is 1.10 bits per heavy atom. The van der Waals surface area contributed by atoms with Gasteiger partial charge in [0.1, 0.15) is 11.0 Å². The van der Waals surface area contributed by atoms with Crippen molar-refractivity contribution in [2.24, 2.45) is 0 Å². The van der Waals surface area contributed by atoms with Gasteiger partial charge in [-0.15, -0.1) is 0 Å². The van der Waals surface area contributed by atoms with Gasteiger partial charge in [0.15, 0.2) is 5.82 Å². The van der Waals surface area contributed by atoms with Crippen LogP contribution in [0.4, 0.5) is 4.39 Å². The van der Waals surface area contributed by atoms with E-state index in [1.54, 1.807) is 6.07 Å². The molecule has 0 fully saturated rings. The fourth-order valence-corrected chi connectivity index (χ4v) is 2.47. The van der Waals surface area contributed by atoms with Crippen LogP contribution in [0.1, 0.15) is 12.5 Å². The maximum absolute atomic E-state index is 13.3. The van der Waals surface area contributed by atoms with Crippen LogP contribution in [0.5, 0.6) is 0 Å². The first kappa shape index (κ1) is 13.0. The highest BCUT2D eigenvalue weighted by molar-refractivity contribution is 6.34. The number of aryl methyl sites for hydroxylation is 1. The summed E-state index contributed by atoms with van der Waals surface area (Å²) in [5.74, 6) is 0.201. The normalized spacial score (nSPS) is 10.9. The molecule has 0 saturated heterocycles. The molecule has 0 aliphatic carbocycles. The van der Waals surface area contributed by atoms with Crippen LogP contribution < -0.4 is 0 Å². The van der Waals surface area contributed by atoms with Crippen molar-refractivity contribution in [1.29, 1.82) is 0 Å². The molecule has 0 radical (unpaired) electrons. The number of halogens is 2. The summed E-state index contributed by atoms with van der Waals surface area (Å²) >= 11 is 6.19. The van der Waals surface area contributed by atoms with E-state index in [0.717, 1.165) is 17.5 Å². The molecule has 0 atom stereocenters. The number of fused-ring (bicyclic) bond motifs is 1. The molecule has 0 amide bonds. The third kappa shape index (κ3) is 2.25. The van der Waals surface area contributed by atoms with Crippen LogP contribution >= 0.6 is 11.6 Å². The lowest BCUT2D eigenvalue weighted by molar-refractivity contribution is 0.629. The third-order valence-electron chi connectivity index (χ3n) is 3.25. The van der Waals surface area contributed by atoms with E-state index in [0.29, 0.717) is 21.9 Å². The second kappa shape index (κ2) is 5.17. The fraction of sp³-hybridized carbons (Fsp3) is 0.125. The summed E-state index contributed by atoms with van der Waals surface area (Å²) in [6.07, 6.45) is 0.873. The van der Waals surface area contributed by atoms with E-state index < -0.39 is 0 Å². The second-order valence-corrected chi connectivity index (χ2v) is 4.87. The van der Waals surface area contributed by atoms with E-state index in [-0.39, 0.29) is 5.82 Å². The van der Waals surface area contributed by atoms with Crippen molar-refractivity contribution in [3.63, 3.8) is 0 Å². The van der Waals surface area contributed by atoms with E-state index in [4.69, 9.17) is 11.6 Å². The highest BCUT2D eigenvalue weighted by Gasteiger charge is 2.11. The molecule has 1 aromatic heterocycles. The molecule has 0 aliphatic heterocycles. The third-order valence-corrected chi connectivity index (χ3v) is 3.54. The number of rotatable bonds is 2. The molecular formula is C16H12ClFN2. The number of benzene rings is 2. The van der Waals surface area contributed by atoms with Crippen molar-refractivity contribution in [3.8, 4) is 11.4 Å². The van der Waals surface area contributed by atoms with Gasteiger partial charge in [0.2, 0.25) is 0 Å². The predicted octanol–water partition coefficient (Wildman–Crippen LogP) is 4.65. The topological polar surface area (TPSA) is 25.8 Å². The summed E-state index contributed by atoms with van der Waals surface area (Å²) in [5.41, 5.74) is 2.59. The van der Waals surface area contributed by atoms with Crippen LogP contribution in [-0.4, -0.2) is 9.97 Å². The van der Waals surface area contributed by atoms with Crippen LogP contribution in [0.15, 0.2) is 42.5 Å². The van der Waals surface area contributed by atoms with E-state index >= 15 is 0 Å². The Labute approximate surface area is 121 Å². The molecule has 0 spiro atoms. The van der Waals surface area contributed by atoms with E-state index in [1.165, 1.54) is 12.1 Å². The molecule has 3 aromatic rings. The molecule has 3 rings (SSSR count). The predicted molar refractivity (Wildman–Crippen MR) is 79.3 cm³/mol. The molecule has 2 aromatic carbocycles. The largest absolute Gasteiger partial charge is 0.228 e. The molecule has 2 nitrogen and oxygen atoms in total. The zero-order valence-electron chi connectivity index (χ0n) is 10.9. The summed E-state index contributed by atoms with van der Waals surface area (Å²) in [4.78, 5) is 8.78. The quantitative estimate of drug-likeness (QED) is 0.641. The lowest BCUT2D eigenvalue weighted by Crippen LogP contribution is -1.95. The molecular weight excluding hydrogens is 275 g/mol. The van der Waals surface area contributed by atoms with Crippen LogP contribution in [0, 0.1) is 5.82 Å². The van der Waals surface area contributed by atoms with E-state index in [9.17, 15) is 4.39 Å². The van der Waals surface area contributed by atoms with Gasteiger partial charge >= 0.3 is 0 Å². The maximum atomic E-state index is 13.3. The fourth-order valence-electron chi connectivity index (χ4n) is 2.23. The average Bonchev–Trinajstić information content (AvgIpc) is 2.46. The minimum absolute atomic E-state index is 0.331. The Morgan fingerprint density at radius 2 is 1.90 bits per heavy atom. The summed E-state index contributed by atoms with van der Waals surface area (Å²) in [6.45, 7) is 2.07. The van der Waals surface area contributed by atoms with Crippen LogP contribution in [0.25, 0.3) is 22.3 Å². The van der Waals surface area contributed by atoms with Crippen LogP contribution in [0.2, 0.25) is 5.15 Å². The molecule has 1 heterocycles. The number of hydrogen-bond donors (Lipinski definition) is 0. The number of aromatic nitrogens is 2. The van der Waals surface area contributed by atoms with E-state index in [2.05, 4.69) is 16.9 Å². The second-order valence-electron chi connectivity index (χ2n) is 4.51. The van der Waals surface area contributed by atoms with Crippen molar-refractivity contribution in [3.05, 3.63) is 59.0 Å². The first-order valence-corrected chi connectivity index (χ1v) is 6.78. The van der Waals surface area contributed by atoms with Crippen molar-refractivity contribution >= 4 is 22.5 Å². The molecule has 100 valence electrons.